The number of para-hydroxylation sites is 1. The van der Waals surface area contributed by atoms with Gasteiger partial charge in [-0.25, -0.2) is 0 Å². The minimum absolute atomic E-state index is 0.798. The van der Waals surface area contributed by atoms with Gasteiger partial charge in [-0.3, -0.25) is 0 Å². The number of hydrogen-bond acceptors (Lipinski definition) is 1. The maximum Gasteiger partial charge on any atom is 0.115 e. The van der Waals surface area contributed by atoms with Gasteiger partial charge in [0.25, 0.3) is 0 Å². The maximum absolute atomic E-state index is 5.68. The van der Waals surface area contributed by atoms with Crippen molar-refractivity contribution in [1.29, 1.82) is 0 Å². The number of nitrogens with zero attached hydrogens (tertiary/aromatic N) is 1. The molecule has 0 saturated carbocycles. The summed E-state index contributed by atoms with van der Waals surface area (Å²) in [6, 6.07) is 10.3. The van der Waals surface area contributed by atoms with E-state index in [0.717, 1.165) is 18.5 Å². The highest BCUT2D eigenvalue weighted by Crippen LogP contribution is 2.13. The lowest BCUT2D eigenvalue weighted by Gasteiger charge is -2.07. The van der Waals surface area contributed by atoms with Gasteiger partial charge in [0.15, 0.2) is 0 Å². The third-order valence-corrected chi connectivity index (χ3v) is 2.54. The van der Waals surface area contributed by atoms with Crippen LogP contribution in [-0.4, -0.2) is 11.3 Å². The highest BCUT2D eigenvalue weighted by Gasteiger charge is 1.99. The van der Waals surface area contributed by atoms with Gasteiger partial charge in [-0.2, -0.15) is 4.73 Å². The van der Waals surface area contributed by atoms with Crippen molar-refractivity contribution < 1.29 is 4.84 Å². The van der Waals surface area contributed by atoms with E-state index in [9.17, 15) is 0 Å². The first-order chi connectivity index (χ1) is 7.42. The van der Waals surface area contributed by atoms with Crippen LogP contribution < -0.4 is 4.84 Å². The van der Waals surface area contributed by atoms with Crippen LogP contribution >= 0.6 is 0 Å². The van der Waals surface area contributed by atoms with E-state index < -0.39 is 0 Å². The molecule has 0 aliphatic carbocycles. The average molecular weight is 203 g/mol. The molecule has 1 aromatic carbocycles. The zero-order valence-corrected chi connectivity index (χ0v) is 9.15. The molecule has 0 unspecified atom stereocenters. The van der Waals surface area contributed by atoms with Crippen molar-refractivity contribution in [3.05, 3.63) is 36.5 Å². The molecule has 80 valence electrons. The van der Waals surface area contributed by atoms with Crippen LogP contribution in [0.3, 0.4) is 0 Å². The number of unbranched alkanes of at least 4 members (excludes halogenated alkanes) is 2. The summed E-state index contributed by atoms with van der Waals surface area (Å²) >= 11 is 0. The van der Waals surface area contributed by atoms with Crippen molar-refractivity contribution in [3.63, 3.8) is 0 Å². The Morgan fingerprint density at radius 1 is 1.13 bits per heavy atom. The Bertz CT molecular complexity index is 419. The quantitative estimate of drug-likeness (QED) is 0.680. The van der Waals surface area contributed by atoms with Crippen LogP contribution in [0.4, 0.5) is 0 Å². The predicted octanol–water partition coefficient (Wildman–Crippen LogP) is 3.26. The van der Waals surface area contributed by atoms with E-state index in [1.807, 2.05) is 23.1 Å². The number of hydrogen-bond donors (Lipinski definition) is 0. The highest BCUT2D eigenvalue weighted by atomic mass is 16.7. The number of benzene rings is 1. The molecular formula is C13H17NO. The number of aromatic nitrogens is 1. The molecule has 0 aliphatic heterocycles. The predicted molar refractivity (Wildman–Crippen MR) is 62.9 cm³/mol. The van der Waals surface area contributed by atoms with Gasteiger partial charge in [-0.1, -0.05) is 38.0 Å². The van der Waals surface area contributed by atoms with E-state index >= 15 is 0 Å². The van der Waals surface area contributed by atoms with Gasteiger partial charge in [0.05, 0.1) is 5.52 Å². The molecule has 0 bridgehead atoms. The van der Waals surface area contributed by atoms with Crippen LogP contribution in [0.2, 0.25) is 0 Å². The lowest BCUT2D eigenvalue weighted by atomic mass is 10.3. The van der Waals surface area contributed by atoms with Gasteiger partial charge in [-0.05, 0) is 18.6 Å². The normalized spacial score (nSPS) is 10.7. The topological polar surface area (TPSA) is 14.2 Å². The molecule has 1 aromatic heterocycles. The van der Waals surface area contributed by atoms with Crippen LogP contribution in [0.5, 0.6) is 0 Å². The van der Waals surface area contributed by atoms with Crippen LogP contribution in [0.25, 0.3) is 10.9 Å². The fraction of sp³-hybridized carbons (Fsp3) is 0.385. The van der Waals surface area contributed by atoms with Gasteiger partial charge in [0, 0.05) is 11.6 Å². The molecule has 15 heavy (non-hydrogen) atoms. The van der Waals surface area contributed by atoms with E-state index in [4.69, 9.17) is 4.84 Å². The first-order valence-corrected chi connectivity index (χ1v) is 5.61. The molecule has 1 heterocycles. The Morgan fingerprint density at radius 3 is 2.87 bits per heavy atom. The summed E-state index contributed by atoms with van der Waals surface area (Å²) < 4.78 is 1.87. The van der Waals surface area contributed by atoms with E-state index in [1.165, 1.54) is 18.2 Å². The molecule has 2 aromatic rings. The van der Waals surface area contributed by atoms with Crippen LogP contribution in [0.15, 0.2) is 36.5 Å². The summed E-state index contributed by atoms with van der Waals surface area (Å²) in [6.07, 6.45) is 5.58. The van der Waals surface area contributed by atoms with Crippen molar-refractivity contribution in [1.82, 2.24) is 4.73 Å². The second-order valence-electron chi connectivity index (χ2n) is 3.74. The standard InChI is InChI=1S/C13H17NO/c1-2-3-6-11-15-14-10-9-12-7-4-5-8-13(12)14/h4-5,7-10H,2-3,6,11H2,1H3. The molecule has 0 atom stereocenters. The van der Waals surface area contributed by atoms with Gasteiger partial charge in [-0.15, -0.1) is 0 Å². The van der Waals surface area contributed by atoms with Gasteiger partial charge < -0.3 is 4.84 Å². The average Bonchev–Trinajstić information content (AvgIpc) is 2.68. The fourth-order valence-electron chi connectivity index (χ4n) is 1.69. The minimum Gasteiger partial charge on any atom is -0.414 e. The summed E-state index contributed by atoms with van der Waals surface area (Å²) in [4.78, 5) is 5.68. The first-order valence-electron chi connectivity index (χ1n) is 5.61. The summed E-state index contributed by atoms with van der Waals surface area (Å²) in [5.41, 5.74) is 1.15. The fourth-order valence-corrected chi connectivity index (χ4v) is 1.69. The third-order valence-electron chi connectivity index (χ3n) is 2.54. The molecule has 0 saturated heterocycles. The molecule has 2 heteroatoms. The minimum atomic E-state index is 0.798. The van der Waals surface area contributed by atoms with Crippen molar-refractivity contribution in [2.45, 2.75) is 26.2 Å². The first kappa shape index (κ1) is 10.1. The van der Waals surface area contributed by atoms with Gasteiger partial charge in [0.1, 0.15) is 6.61 Å². The zero-order chi connectivity index (χ0) is 10.5. The van der Waals surface area contributed by atoms with Crippen molar-refractivity contribution in [2.75, 3.05) is 6.61 Å². The summed E-state index contributed by atoms with van der Waals surface area (Å²) in [5, 5.41) is 1.23. The molecule has 2 rings (SSSR count). The molecule has 0 spiro atoms. The highest BCUT2D eigenvalue weighted by molar-refractivity contribution is 5.79. The third kappa shape index (κ3) is 2.32. The van der Waals surface area contributed by atoms with Gasteiger partial charge >= 0.3 is 0 Å². The van der Waals surface area contributed by atoms with Crippen molar-refractivity contribution in [2.24, 2.45) is 0 Å². The number of rotatable bonds is 5. The molecule has 0 amide bonds. The lowest BCUT2D eigenvalue weighted by molar-refractivity contribution is 0.117. The molecule has 0 radical (unpaired) electrons. The lowest BCUT2D eigenvalue weighted by Crippen LogP contribution is -2.11. The SMILES string of the molecule is CCCCCOn1ccc2ccccc21. The molecule has 0 fully saturated rings. The second kappa shape index (κ2) is 4.87. The van der Waals surface area contributed by atoms with E-state index in [2.05, 4.69) is 25.1 Å². The van der Waals surface area contributed by atoms with E-state index in [0.29, 0.717) is 0 Å². The molecule has 0 N–H and O–H groups in total. The Kier molecular flexibility index (Phi) is 3.28. The van der Waals surface area contributed by atoms with E-state index in [-0.39, 0.29) is 0 Å². The number of fused-ring (bicyclic) bond motifs is 1. The van der Waals surface area contributed by atoms with Gasteiger partial charge in [0.2, 0.25) is 0 Å². The Hall–Kier alpha value is -1.44. The monoisotopic (exact) mass is 203 g/mol. The second-order valence-corrected chi connectivity index (χ2v) is 3.74. The molecule has 0 aliphatic rings. The summed E-state index contributed by atoms with van der Waals surface area (Å²) in [6.45, 7) is 3.00. The molecular weight excluding hydrogens is 186 g/mol. The van der Waals surface area contributed by atoms with Crippen LogP contribution in [0.1, 0.15) is 26.2 Å². The largest absolute Gasteiger partial charge is 0.414 e. The van der Waals surface area contributed by atoms with Crippen molar-refractivity contribution in [3.8, 4) is 0 Å². The maximum atomic E-state index is 5.68. The molecule has 2 nitrogen and oxygen atoms in total. The van der Waals surface area contributed by atoms with Crippen molar-refractivity contribution >= 4 is 10.9 Å². The Labute approximate surface area is 90.4 Å². The zero-order valence-electron chi connectivity index (χ0n) is 9.15. The Balaban J connectivity index is 2.02. The van der Waals surface area contributed by atoms with Crippen LogP contribution in [0, 0.1) is 0 Å². The Morgan fingerprint density at radius 2 is 2.00 bits per heavy atom. The van der Waals surface area contributed by atoms with Crippen LogP contribution in [-0.2, 0) is 0 Å². The van der Waals surface area contributed by atoms with E-state index in [1.54, 1.807) is 0 Å². The smallest absolute Gasteiger partial charge is 0.115 e. The summed E-state index contributed by atoms with van der Waals surface area (Å²) in [5.74, 6) is 0. The summed E-state index contributed by atoms with van der Waals surface area (Å²) in [7, 11) is 0.